The van der Waals surface area contributed by atoms with Gasteiger partial charge in [-0.1, -0.05) is 77.4 Å². The quantitative estimate of drug-likeness (QED) is 0.215. The monoisotopic (exact) mass is 503 g/mol. The van der Waals surface area contributed by atoms with Crippen molar-refractivity contribution in [3.63, 3.8) is 0 Å². The van der Waals surface area contributed by atoms with Crippen LogP contribution in [0.4, 0.5) is 0 Å². The van der Waals surface area contributed by atoms with E-state index >= 15 is 0 Å². The SMILES string of the molecule is Cc1ccc(-c2cc(-c3ccc(-c4ccncc4)cc3)cc(-c3ccc(C)cc3)[n+]2-c2ccc(C)cc2)cc1. The third-order valence-corrected chi connectivity index (χ3v) is 7.28. The minimum Gasteiger partial charge on any atom is -0.265 e. The lowest BCUT2D eigenvalue weighted by Gasteiger charge is -2.13. The largest absolute Gasteiger partial charge is 0.265 e. The molecule has 0 saturated heterocycles. The van der Waals surface area contributed by atoms with Crippen LogP contribution in [0.5, 0.6) is 0 Å². The third-order valence-electron chi connectivity index (χ3n) is 7.28. The lowest BCUT2D eigenvalue weighted by atomic mass is 9.96. The van der Waals surface area contributed by atoms with E-state index in [1.165, 1.54) is 50.1 Å². The smallest absolute Gasteiger partial charge is 0.219 e. The summed E-state index contributed by atoms with van der Waals surface area (Å²) in [4.78, 5) is 4.16. The fourth-order valence-corrected chi connectivity index (χ4v) is 5.01. The fraction of sp³-hybridized carbons (Fsp3) is 0.0811. The number of pyridine rings is 2. The Kier molecular flexibility index (Phi) is 6.61. The maximum absolute atomic E-state index is 4.16. The topological polar surface area (TPSA) is 16.8 Å². The highest BCUT2D eigenvalue weighted by atomic mass is 15.0. The summed E-state index contributed by atoms with van der Waals surface area (Å²) in [7, 11) is 0. The van der Waals surface area contributed by atoms with Gasteiger partial charge in [0, 0.05) is 47.8 Å². The van der Waals surface area contributed by atoms with Crippen LogP contribution in [0.25, 0.3) is 50.5 Å². The molecule has 188 valence electrons. The van der Waals surface area contributed by atoms with Gasteiger partial charge in [0.2, 0.25) is 17.1 Å². The molecule has 6 aromatic rings. The lowest BCUT2D eigenvalue weighted by molar-refractivity contribution is -0.572. The van der Waals surface area contributed by atoms with Crippen LogP contribution in [0.15, 0.2) is 134 Å². The molecule has 0 spiro atoms. The number of hydrogen-bond donors (Lipinski definition) is 0. The molecule has 0 bridgehead atoms. The lowest BCUT2D eigenvalue weighted by Crippen LogP contribution is -2.36. The van der Waals surface area contributed by atoms with E-state index in [1.54, 1.807) is 0 Å². The van der Waals surface area contributed by atoms with Crippen molar-refractivity contribution in [2.24, 2.45) is 0 Å². The zero-order chi connectivity index (χ0) is 26.8. The molecule has 39 heavy (non-hydrogen) atoms. The average Bonchev–Trinajstić information content (AvgIpc) is 2.98. The molecule has 0 aliphatic carbocycles. The second-order valence-corrected chi connectivity index (χ2v) is 10.2. The minimum absolute atomic E-state index is 1.14. The molecular formula is C37H31N2+. The fourth-order valence-electron chi connectivity index (χ4n) is 5.01. The predicted octanol–water partition coefficient (Wildman–Crippen LogP) is 8.95. The summed E-state index contributed by atoms with van der Waals surface area (Å²) in [6.07, 6.45) is 3.68. The van der Waals surface area contributed by atoms with Crippen molar-refractivity contribution >= 4 is 0 Å². The van der Waals surface area contributed by atoms with Gasteiger partial charge in [-0.15, -0.1) is 0 Å². The summed E-state index contributed by atoms with van der Waals surface area (Å²) < 4.78 is 2.39. The Balaban J connectivity index is 1.60. The summed E-state index contributed by atoms with van der Waals surface area (Å²) in [5, 5.41) is 0. The maximum atomic E-state index is 4.16. The van der Waals surface area contributed by atoms with Crippen molar-refractivity contribution in [2.75, 3.05) is 0 Å². The normalized spacial score (nSPS) is 10.9. The Morgan fingerprint density at radius 3 is 1.21 bits per heavy atom. The van der Waals surface area contributed by atoms with Crippen LogP contribution in [0, 0.1) is 20.8 Å². The van der Waals surface area contributed by atoms with E-state index in [2.05, 4.69) is 140 Å². The first-order chi connectivity index (χ1) is 19.0. The summed E-state index contributed by atoms with van der Waals surface area (Å²) >= 11 is 0. The molecule has 2 nitrogen and oxygen atoms in total. The van der Waals surface area contributed by atoms with Crippen LogP contribution in [0.1, 0.15) is 16.7 Å². The van der Waals surface area contributed by atoms with Crippen molar-refractivity contribution in [3.8, 4) is 50.5 Å². The number of hydrogen-bond acceptors (Lipinski definition) is 1. The van der Waals surface area contributed by atoms with Crippen molar-refractivity contribution in [2.45, 2.75) is 20.8 Å². The van der Waals surface area contributed by atoms with Crippen LogP contribution in [0.2, 0.25) is 0 Å². The van der Waals surface area contributed by atoms with Crippen molar-refractivity contribution < 1.29 is 4.57 Å². The molecule has 0 aliphatic heterocycles. The van der Waals surface area contributed by atoms with Gasteiger partial charge in [-0.3, -0.25) is 4.98 Å². The van der Waals surface area contributed by atoms with E-state index in [1.807, 2.05) is 24.5 Å². The number of rotatable bonds is 5. The van der Waals surface area contributed by atoms with E-state index in [0.29, 0.717) is 0 Å². The molecular weight excluding hydrogens is 472 g/mol. The molecule has 6 rings (SSSR count). The van der Waals surface area contributed by atoms with Gasteiger partial charge in [-0.25, -0.2) is 0 Å². The number of aryl methyl sites for hydroxylation is 3. The van der Waals surface area contributed by atoms with Gasteiger partial charge in [0.1, 0.15) is 0 Å². The molecule has 0 saturated carbocycles. The Hall–Kier alpha value is -4.82. The van der Waals surface area contributed by atoms with Gasteiger partial charge in [0.25, 0.3) is 0 Å². The first-order valence-electron chi connectivity index (χ1n) is 13.4. The van der Waals surface area contributed by atoms with E-state index in [0.717, 1.165) is 17.1 Å². The third kappa shape index (κ3) is 5.15. The Morgan fingerprint density at radius 2 is 0.744 bits per heavy atom. The molecule has 2 aromatic heterocycles. The number of nitrogens with zero attached hydrogens (tertiary/aromatic N) is 2. The van der Waals surface area contributed by atoms with Gasteiger partial charge in [-0.2, -0.15) is 4.57 Å². The molecule has 0 amide bonds. The summed E-state index contributed by atoms with van der Waals surface area (Å²) in [5.41, 5.74) is 14.3. The molecule has 0 fully saturated rings. The summed E-state index contributed by atoms with van der Waals surface area (Å²) in [6, 6.07) is 44.1. The van der Waals surface area contributed by atoms with Crippen LogP contribution >= 0.6 is 0 Å². The van der Waals surface area contributed by atoms with Gasteiger partial charge < -0.3 is 0 Å². The zero-order valence-electron chi connectivity index (χ0n) is 22.6. The van der Waals surface area contributed by atoms with Crippen molar-refractivity contribution in [1.29, 1.82) is 0 Å². The molecule has 0 N–H and O–H groups in total. The van der Waals surface area contributed by atoms with E-state index in [-0.39, 0.29) is 0 Å². The summed E-state index contributed by atoms with van der Waals surface area (Å²) in [5.74, 6) is 0. The van der Waals surface area contributed by atoms with Gasteiger partial charge in [0.05, 0.1) is 0 Å². The van der Waals surface area contributed by atoms with Gasteiger partial charge in [0.15, 0.2) is 0 Å². The molecule has 4 aromatic carbocycles. The van der Waals surface area contributed by atoms with E-state index in [9.17, 15) is 0 Å². The van der Waals surface area contributed by atoms with Crippen LogP contribution in [0.3, 0.4) is 0 Å². The Bertz CT molecular complexity index is 1650. The van der Waals surface area contributed by atoms with Crippen LogP contribution < -0.4 is 4.57 Å². The standard InChI is InChI=1S/C37H31N2/c1-26-4-10-32(11-5-26)36-24-34(30-16-14-29(15-17-30)31-20-22-38-23-21-31)25-37(33-12-6-27(2)7-13-33)39(36)35-18-8-28(3)9-19-35/h4-25H,1-3H3/q+1. The van der Waals surface area contributed by atoms with Gasteiger partial charge in [-0.05, 0) is 79.4 Å². The number of aromatic nitrogens is 2. The Morgan fingerprint density at radius 1 is 0.385 bits per heavy atom. The van der Waals surface area contributed by atoms with E-state index < -0.39 is 0 Å². The second kappa shape index (κ2) is 10.5. The highest BCUT2D eigenvalue weighted by Crippen LogP contribution is 2.32. The second-order valence-electron chi connectivity index (χ2n) is 10.2. The van der Waals surface area contributed by atoms with Crippen LogP contribution in [-0.4, -0.2) is 4.98 Å². The first kappa shape index (κ1) is 24.5. The minimum atomic E-state index is 1.14. The van der Waals surface area contributed by atoms with Crippen molar-refractivity contribution in [1.82, 2.24) is 4.98 Å². The molecule has 2 heteroatoms. The van der Waals surface area contributed by atoms with E-state index in [4.69, 9.17) is 0 Å². The van der Waals surface area contributed by atoms with Crippen molar-refractivity contribution in [3.05, 3.63) is 150 Å². The molecule has 0 radical (unpaired) electrons. The molecule has 2 heterocycles. The highest BCUT2D eigenvalue weighted by Gasteiger charge is 2.25. The maximum Gasteiger partial charge on any atom is 0.219 e. The highest BCUT2D eigenvalue weighted by molar-refractivity contribution is 5.76. The zero-order valence-corrected chi connectivity index (χ0v) is 22.6. The van der Waals surface area contributed by atoms with Crippen LogP contribution in [-0.2, 0) is 0 Å². The first-order valence-corrected chi connectivity index (χ1v) is 13.4. The van der Waals surface area contributed by atoms with Gasteiger partial charge >= 0.3 is 0 Å². The average molecular weight is 504 g/mol. The number of benzene rings is 4. The molecule has 0 unspecified atom stereocenters. The predicted molar refractivity (Wildman–Crippen MR) is 162 cm³/mol. The summed E-state index contributed by atoms with van der Waals surface area (Å²) in [6.45, 7) is 6.40. The molecule has 0 atom stereocenters. The Labute approximate surface area is 230 Å². The molecule has 0 aliphatic rings.